The average molecular weight is 313 g/mol. The van der Waals surface area contributed by atoms with Crippen LogP contribution < -0.4 is 11.1 Å². The molecular formula is C15H21ClN2OS. The molecule has 2 atom stereocenters. The van der Waals surface area contributed by atoms with E-state index in [-0.39, 0.29) is 11.9 Å². The second kappa shape index (κ2) is 7.34. The number of halogens is 1. The van der Waals surface area contributed by atoms with Crippen molar-refractivity contribution in [3.63, 3.8) is 0 Å². The van der Waals surface area contributed by atoms with Crippen LogP contribution in [-0.4, -0.2) is 17.7 Å². The second-order valence-corrected chi connectivity index (χ2v) is 6.70. The number of carbonyl (C=O) groups excluding carboxylic acids is 1. The fraction of sp³-hybridized carbons (Fsp3) is 0.533. The van der Waals surface area contributed by atoms with Gasteiger partial charge in [0.25, 0.3) is 0 Å². The van der Waals surface area contributed by atoms with Gasteiger partial charge in [-0.3, -0.25) is 4.79 Å². The third-order valence-electron chi connectivity index (χ3n) is 3.53. The summed E-state index contributed by atoms with van der Waals surface area (Å²) in [5, 5.41) is 3.78. The predicted molar refractivity (Wildman–Crippen MR) is 85.2 cm³/mol. The maximum atomic E-state index is 12.1. The van der Waals surface area contributed by atoms with Crippen LogP contribution in [0.25, 0.3) is 0 Å². The lowest BCUT2D eigenvalue weighted by atomic mass is 10.0. The molecule has 0 aliphatic carbocycles. The van der Waals surface area contributed by atoms with E-state index in [4.69, 9.17) is 17.3 Å². The zero-order chi connectivity index (χ0) is 14.5. The van der Waals surface area contributed by atoms with Crippen LogP contribution in [0.15, 0.2) is 23.1 Å². The molecule has 0 saturated heterocycles. The van der Waals surface area contributed by atoms with Crippen molar-refractivity contribution in [3.8, 4) is 0 Å². The van der Waals surface area contributed by atoms with Gasteiger partial charge in [-0.2, -0.15) is 0 Å². The molecule has 20 heavy (non-hydrogen) atoms. The molecule has 3 nitrogen and oxygen atoms in total. The smallest absolute Gasteiger partial charge is 0.237 e. The van der Waals surface area contributed by atoms with E-state index in [0.717, 1.165) is 37.0 Å². The quantitative estimate of drug-likeness (QED) is 0.874. The van der Waals surface area contributed by atoms with E-state index < -0.39 is 6.04 Å². The minimum atomic E-state index is -0.410. The Morgan fingerprint density at radius 2 is 2.40 bits per heavy atom. The molecule has 1 aromatic rings. The summed E-state index contributed by atoms with van der Waals surface area (Å²) in [4.78, 5) is 13.3. The Hall–Kier alpha value is -0.710. The van der Waals surface area contributed by atoms with Gasteiger partial charge in [0.15, 0.2) is 0 Å². The number of hydrogen-bond donors (Lipinski definition) is 2. The molecule has 1 heterocycles. The SMILES string of the molecule is CCCCC(N)C(=O)NC1CCSc2ccc(Cl)cc21. The first-order valence-electron chi connectivity index (χ1n) is 7.10. The van der Waals surface area contributed by atoms with E-state index in [0.29, 0.717) is 5.02 Å². The second-order valence-electron chi connectivity index (χ2n) is 5.13. The summed E-state index contributed by atoms with van der Waals surface area (Å²) >= 11 is 7.87. The van der Waals surface area contributed by atoms with E-state index in [1.165, 1.54) is 4.90 Å². The highest BCUT2D eigenvalue weighted by Crippen LogP contribution is 2.37. The third-order valence-corrected chi connectivity index (χ3v) is 4.89. The lowest BCUT2D eigenvalue weighted by Crippen LogP contribution is -2.42. The van der Waals surface area contributed by atoms with Gasteiger partial charge in [0.1, 0.15) is 0 Å². The van der Waals surface area contributed by atoms with E-state index in [9.17, 15) is 4.79 Å². The highest BCUT2D eigenvalue weighted by molar-refractivity contribution is 7.99. The van der Waals surface area contributed by atoms with Crippen LogP contribution >= 0.6 is 23.4 Å². The molecule has 0 fully saturated rings. The zero-order valence-electron chi connectivity index (χ0n) is 11.7. The molecule has 0 aromatic heterocycles. The highest BCUT2D eigenvalue weighted by atomic mass is 35.5. The number of nitrogens with two attached hydrogens (primary N) is 1. The number of unbranched alkanes of at least 4 members (excludes halogenated alkanes) is 1. The lowest BCUT2D eigenvalue weighted by Gasteiger charge is -2.27. The fourth-order valence-electron chi connectivity index (χ4n) is 2.35. The zero-order valence-corrected chi connectivity index (χ0v) is 13.3. The fourth-order valence-corrected chi connectivity index (χ4v) is 3.64. The van der Waals surface area contributed by atoms with Crippen molar-refractivity contribution in [3.05, 3.63) is 28.8 Å². The summed E-state index contributed by atoms with van der Waals surface area (Å²) in [7, 11) is 0. The molecule has 3 N–H and O–H groups in total. The minimum absolute atomic E-state index is 0.0325. The van der Waals surface area contributed by atoms with Crippen LogP contribution in [0.1, 0.15) is 44.2 Å². The summed E-state index contributed by atoms with van der Waals surface area (Å²) in [5.74, 6) is 0.949. The molecule has 1 amide bonds. The molecule has 5 heteroatoms. The number of benzene rings is 1. The molecule has 110 valence electrons. The van der Waals surface area contributed by atoms with Crippen LogP contribution in [0.5, 0.6) is 0 Å². The van der Waals surface area contributed by atoms with Gasteiger partial charge in [-0.05, 0) is 36.6 Å². The Balaban J connectivity index is 2.04. The number of carbonyl (C=O) groups is 1. The molecule has 1 aromatic carbocycles. The van der Waals surface area contributed by atoms with Gasteiger partial charge in [0, 0.05) is 15.7 Å². The van der Waals surface area contributed by atoms with Gasteiger partial charge < -0.3 is 11.1 Å². The Morgan fingerprint density at radius 3 is 3.15 bits per heavy atom. The minimum Gasteiger partial charge on any atom is -0.348 e. The number of nitrogens with one attached hydrogen (secondary N) is 1. The van der Waals surface area contributed by atoms with Crippen molar-refractivity contribution >= 4 is 29.3 Å². The van der Waals surface area contributed by atoms with Crippen LogP contribution in [0, 0.1) is 0 Å². The number of rotatable bonds is 5. The van der Waals surface area contributed by atoms with Gasteiger partial charge >= 0.3 is 0 Å². The van der Waals surface area contributed by atoms with Gasteiger partial charge in [-0.15, -0.1) is 11.8 Å². The molecule has 0 bridgehead atoms. The lowest BCUT2D eigenvalue weighted by molar-refractivity contribution is -0.123. The van der Waals surface area contributed by atoms with Crippen molar-refractivity contribution in [2.75, 3.05) is 5.75 Å². The first-order valence-corrected chi connectivity index (χ1v) is 8.46. The molecule has 2 unspecified atom stereocenters. The van der Waals surface area contributed by atoms with Crippen molar-refractivity contribution in [1.82, 2.24) is 5.32 Å². The van der Waals surface area contributed by atoms with Gasteiger partial charge in [0.2, 0.25) is 5.91 Å². The van der Waals surface area contributed by atoms with E-state index in [2.05, 4.69) is 12.2 Å². The molecule has 1 aliphatic rings. The van der Waals surface area contributed by atoms with E-state index in [1.54, 1.807) is 0 Å². The number of hydrogen-bond acceptors (Lipinski definition) is 3. The van der Waals surface area contributed by atoms with Crippen molar-refractivity contribution < 1.29 is 4.79 Å². The Labute approximate surface area is 129 Å². The Bertz CT molecular complexity index is 481. The van der Waals surface area contributed by atoms with Gasteiger partial charge in [-0.25, -0.2) is 0 Å². The third kappa shape index (κ3) is 3.90. The van der Waals surface area contributed by atoms with Crippen LogP contribution in [-0.2, 0) is 4.79 Å². The maximum Gasteiger partial charge on any atom is 0.237 e. The Morgan fingerprint density at radius 1 is 1.60 bits per heavy atom. The first kappa shape index (κ1) is 15.7. The number of thioether (sulfide) groups is 1. The molecule has 0 saturated carbocycles. The van der Waals surface area contributed by atoms with Gasteiger partial charge in [-0.1, -0.05) is 31.4 Å². The summed E-state index contributed by atoms with van der Waals surface area (Å²) < 4.78 is 0. The molecule has 0 spiro atoms. The van der Waals surface area contributed by atoms with Crippen molar-refractivity contribution in [2.45, 2.75) is 49.6 Å². The molecular weight excluding hydrogens is 292 g/mol. The van der Waals surface area contributed by atoms with Gasteiger partial charge in [0.05, 0.1) is 12.1 Å². The summed E-state index contributed by atoms with van der Waals surface area (Å²) in [6.07, 6.45) is 3.70. The summed E-state index contributed by atoms with van der Waals surface area (Å²) in [6.45, 7) is 2.10. The monoisotopic (exact) mass is 312 g/mol. The molecule has 0 radical (unpaired) electrons. The van der Waals surface area contributed by atoms with E-state index in [1.807, 2.05) is 30.0 Å². The highest BCUT2D eigenvalue weighted by Gasteiger charge is 2.24. The molecule has 2 rings (SSSR count). The van der Waals surface area contributed by atoms with E-state index >= 15 is 0 Å². The normalized spacial score (nSPS) is 19.2. The number of amides is 1. The van der Waals surface area contributed by atoms with Crippen molar-refractivity contribution in [2.24, 2.45) is 5.73 Å². The molecule has 1 aliphatic heterocycles. The van der Waals surface area contributed by atoms with Crippen LogP contribution in [0.2, 0.25) is 5.02 Å². The average Bonchev–Trinajstić information content (AvgIpc) is 2.45. The summed E-state index contributed by atoms with van der Waals surface area (Å²) in [5.41, 5.74) is 7.04. The van der Waals surface area contributed by atoms with Crippen LogP contribution in [0.3, 0.4) is 0 Å². The topological polar surface area (TPSA) is 55.1 Å². The maximum absolute atomic E-state index is 12.1. The predicted octanol–water partition coefficient (Wildman–Crippen LogP) is 3.51. The Kier molecular flexibility index (Phi) is 5.75. The standard InChI is InChI=1S/C15H21ClN2OS/c1-2-3-4-12(17)15(19)18-13-7-8-20-14-6-5-10(16)9-11(13)14/h5-6,9,12-13H,2-4,7-8,17H2,1H3,(H,18,19). The van der Waals surface area contributed by atoms with Crippen molar-refractivity contribution in [1.29, 1.82) is 0 Å². The summed E-state index contributed by atoms with van der Waals surface area (Å²) in [6, 6.07) is 5.49. The number of fused-ring (bicyclic) bond motifs is 1. The first-order chi connectivity index (χ1) is 9.61. The van der Waals surface area contributed by atoms with Crippen LogP contribution in [0.4, 0.5) is 0 Å². The largest absolute Gasteiger partial charge is 0.348 e.